The van der Waals surface area contributed by atoms with Crippen LogP contribution in [0.5, 0.6) is 5.75 Å². The number of hydrogen-bond acceptors (Lipinski definition) is 5. The zero-order valence-electron chi connectivity index (χ0n) is 11.9. The summed E-state index contributed by atoms with van der Waals surface area (Å²) in [5.41, 5.74) is 2.48. The second-order valence-corrected chi connectivity index (χ2v) is 4.52. The van der Waals surface area contributed by atoms with E-state index in [2.05, 4.69) is 20.0 Å². The molecule has 2 aromatic rings. The van der Waals surface area contributed by atoms with Gasteiger partial charge in [0.1, 0.15) is 5.75 Å². The number of aromatic nitrogens is 2. The van der Waals surface area contributed by atoms with E-state index in [1.54, 1.807) is 0 Å². The fourth-order valence-corrected chi connectivity index (χ4v) is 1.71. The number of amides is 1. The quantitative estimate of drug-likeness (QED) is 0.811. The summed E-state index contributed by atoms with van der Waals surface area (Å²) in [7, 11) is 0. The molecule has 0 bridgehead atoms. The lowest BCUT2D eigenvalue weighted by Gasteiger charge is -2.12. The van der Waals surface area contributed by atoms with Gasteiger partial charge in [-0.2, -0.15) is 13.2 Å². The molecule has 0 aliphatic heterocycles. The molecule has 0 radical (unpaired) electrons. The van der Waals surface area contributed by atoms with Crippen molar-refractivity contribution in [2.24, 2.45) is 5.73 Å². The zero-order valence-corrected chi connectivity index (χ0v) is 11.9. The van der Waals surface area contributed by atoms with Crippen molar-refractivity contribution in [2.45, 2.75) is 12.5 Å². The summed E-state index contributed by atoms with van der Waals surface area (Å²) in [4.78, 5) is 17.7. The molecule has 0 aliphatic carbocycles. The van der Waals surface area contributed by atoms with Crippen LogP contribution in [0.1, 0.15) is 16.1 Å². The molecule has 12 heteroatoms. The number of nitrogens with one attached hydrogen (secondary N) is 1. The van der Waals surface area contributed by atoms with Crippen LogP contribution in [0, 0.1) is 0 Å². The van der Waals surface area contributed by atoms with Gasteiger partial charge in [0.05, 0.1) is 5.56 Å². The minimum Gasteiger partial charge on any atom is -0.406 e. The number of ether oxygens (including phenoxy) is 1. The molecule has 6 nitrogen and oxygen atoms in total. The Morgan fingerprint density at radius 3 is 2.16 bits per heavy atom. The lowest BCUT2D eigenvalue weighted by atomic mass is 10.2. The Morgan fingerprint density at radius 2 is 1.68 bits per heavy atom. The Labute approximate surface area is 135 Å². The lowest BCUT2D eigenvalue weighted by Crippen LogP contribution is -2.21. The first-order chi connectivity index (χ1) is 11.5. The van der Waals surface area contributed by atoms with Crippen molar-refractivity contribution in [3.05, 3.63) is 41.7 Å². The highest BCUT2D eigenvalue weighted by Gasteiger charge is 2.37. The normalized spacial score (nSPS) is 11.9. The van der Waals surface area contributed by atoms with E-state index in [0.717, 1.165) is 24.3 Å². The summed E-state index contributed by atoms with van der Waals surface area (Å²) in [5, 5.41) is 2.36. The van der Waals surface area contributed by atoms with Crippen molar-refractivity contribution < 1.29 is 35.9 Å². The number of benzene rings is 1. The topological polar surface area (TPSA) is 90.1 Å². The van der Waals surface area contributed by atoms with Crippen molar-refractivity contribution in [3.63, 3.8) is 0 Å². The SMILES string of the molecule is NC(=O)c1cnc(Nc2ccc(OC(F)(F)F)cc2)nc1C(F)(F)F. The maximum absolute atomic E-state index is 12.9. The number of alkyl halides is 6. The summed E-state index contributed by atoms with van der Waals surface area (Å²) in [6, 6.07) is 4.11. The van der Waals surface area contributed by atoms with E-state index in [9.17, 15) is 31.1 Å². The number of nitrogens with two attached hydrogens (primary N) is 1. The van der Waals surface area contributed by atoms with Crippen LogP contribution in [0.25, 0.3) is 0 Å². The number of nitrogens with zero attached hydrogens (tertiary/aromatic N) is 2. The Kier molecular flexibility index (Phi) is 4.72. The van der Waals surface area contributed by atoms with Crippen LogP contribution < -0.4 is 15.8 Å². The minimum absolute atomic E-state index is 0.0921. The molecule has 0 atom stereocenters. The number of halogens is 6. The van der Waals surface area contributed by atoms with Gasteiger partial charge in [0.25, 0.3) is 5.91 Å². The molecule has 0 saturated carbocycles. The highest BCUT2D eigenvalue weighted by molar-refractivity contribution is 5.93. The van der Waals surface area contributed by atoms with Gasteiger partial charge in [0, 0.05) is 11.9 Å². The molecule has 1 aromatic heterocycles. The maximum atomic E-state index is 12.9. The molecule has 134 valence electrons. The van der Waals surface area contributed by atoms with Gasteiger partial charge in [0.15, 0.2) is 5.69 Å². The number of rotatable bonds is 4. The second-order valence-electron chi connectivity index (χ2n) is 4.52. The molecule has 25 heavy (non-hydrogen) atoms. The van der Waals surface area contributed by atoms with E-state index in [1.165, 1.54) is 0 Å². The van der Waals surface area contributed by atoms with Crippen LogP contribution in [0.4, 0.5) is 38.0 Å². The zero-order chi connectivity index (χ0) is 18.8. The van der Waals surface area contributed by atoms with Crippen LogP contribution in [-0.2, 0) is 6.18 Å². The van der Waals surface area contributed by atoms with E-state index < -0.39 is 41.4 Å². The number of carbonyl (C=O) groups is 1. The number of anilines is 2. The van der Waals surface area contributed by atoms with Gasteiger partial charge in [-0.3, -0.25) is 4.79 Å². The van der Waals surface area contributed by atoms with Crippen molar-refractivity contribution in [2.75, 3.05) is 5.32 Å². The van der Waals surface area contributed by atoms with Crippen LogP contribution in [-0.4, -0.2) is 22.2 Å². The monoisotopic (exact) mass is 366 g/mol. The third kappa shape index (κ3) is 4.96. The second kappa shape index (κ2) is 6.45. The fourth-order valence-electron chi connectivity index (χ4n) is 1.71. The molecular weight excluding hydrogens is 358 g/mol. The molecular formula is C13H8F6N4O2. The van der Waals surface area contributed by atoms with E-state index in [0.29, 0.717) is 6.20 Å². The van der Waals surface area contributed by atoms with Crippen LogP contribution in [0.2, 0.25) is 0 Å². The summed E-state index contributed by atoms with van der Waals surface area (Å²) in [5.74, 6) is -2.40. The number of carbonyl (C=O) groups excluding carboxylic acids is 1. The van der Waals surface area contributed by atoms with Gasteiger partial charge in [-0.05, 0) is 24.3 Å². The van der Waals surface area contributed by atoms with E-state index in [1.807, 2.05) is 0 Å². The molecule has 2 rings (SSSR count). The summed E-state index contributed by atoms with van der Waals surface area (Å²) < 4.78 is 78.5. The number of primary amides is 1. The Morgan fingerprint density at radius 1 is 1.08 bits per heavy atom. The molecule has 0 unspecified atom stereocenters. The first-order valence-electron chi connectivity index (χ1n) is 6.32. The Bertz CT molecular complexity index is 774. The van der Waals surface area contributed by atoms with Crippen molar-refractivity contribution in [1.82, 2.24) is 9.97 Å². The smallest absolute Gasteiger partial charge is 0.406 e. The third-order valence-corrected chi connectivity index (χ3v) is 2.67. The summed E-state index contributed by atoms with van der Waals surface area (Å²) in [6.45, 7) is 0. The van der Waals surface area contributed by atoms with Gasteiger partial charge in [-0.15, -0.1) is 13.2 Å². The maximum Gasteiger partial charge on any atom is 0.573 e. The fraction of sp³-hybridized carbons (Fsp3) is 0.154. The van der Waals surface area contributed by atoms with Gasteiger partial charge in [0.2, 0.25) is 5.95 Å². The highest BCUT2D eigenvalue weighted by Crippen LogP contribution is 2.31. The van der Waals surface area contributed by atoms with E-state index in [4.69, 9.17) is 5.73 Å². The summed E-state index contributed by atoms with van der Waals surface area (Å²) >= 11 is 0. The minimum atomic E-state index is -4.95. The molecule has 3 N–H and O–H groups in total. The molecule has 1 amide bonds. The summed E-state index contributed by atoms with van der Waals surface area (Å²) in [6.07, 6.45) is -9.22. The predicted molar refractivity (Wildman–Crippen MR) is 72.0 cm³/mol. The Balaban J connectivity index is 2.24. The lowest BCUT2D eigenvalue weighted by molar-refractivity contribution is -0.274. The van der Waals surface area contributed by atoms with Crippen molar-refractivity contribution >= 4 is 17.5 Å². The average molecular weight is 366 g/mol. The number of hydrogen-bond donors (Lipinski definition) is 2. The largest absolute Gasteiger partial charge is 0.573 e. The van der Waals surface area contributed by atoms with Crippen molar-refractivity contribution in [3.8, 4) is 5.75 Å². The first kappa shape index (κ1) is 18.3. The average Bonchev–Trinajstić information content (AvgIpc) is 2.46. The standard InChI is InChI=1S/C13H8F6N4O2/c14-12(15,16)9-8(10(20)24)5-21-11(23-9)22-6-1-3-7(4-2-6)25-13(17,18)19/h1-5H,(H2,20,24)(H,21,22,23). The van der Waals surface area contributed by atoms with E-state index in [-0.39, 0.29) is 5.69 Å². The van der Waals surface area contributed by atoms with Gasteiger partial charge >= 0.3 is 12.5 Å². The highest BCUT2D eigenvalue weighted by atomic mass is 19.4. The molecule has 0 spiro atoms. The predicted octanol–water partition coefficient (Wildman–Crippen LogP) is 3.24. The molecule has 0 aliphatic rings. The van der Waals surface area contributed by atoms with Crippen LogP contribution in [0.3, 0.4) is 0 Å². The van der Waals surface area contributed by atoms with Crippen molar-refractivity contribution in [1.29, 1.82) is 0 Å². The van der Waals surface area contributed by atoms with Gasteiger partial charge in [-0.1, -0.05) is 0 Å². The van der Waals surface area contributed by atoms with Gasteiger partial charge < -0.3 is 15.8 Å². The molecule has 1 aromatic carbocycles. The van der Waals surface area contributed by atoms with E-state index >= 15 is 0 Å². The molecule has 1 heterocycles. The van der Waals surface area contributed by atoms with Gasteiger partial charge in [-0.25, -0.2) is 9.97 Å². The van der Waals surface area contributed by atoms with Crippen LogP contribution >= 0.6 is 0 Å². The third-order valence-electron chi connectivity index (χ3n) is 2.67. The Hall–Kier alpha value is -3.05. The molecule has 0 fully saturated rings. The first-order valence-corrected chi connectivity index (χ1v) is 6.32. The van der Waals surface area contributed by atoms with Crippen LogP contribution in [0.15, 0.2) is 30.5 Å². The molecule has 0 saturated heterocycles.